The lowest BCUT2D eigenvalue weighted by Crippen LogP contribution is -2.31. The number of carbonyl (C=O) groups is 1. The molecule has 6 nitrogen and oxygen atoms in total. The Labute approximate surface area is 154 Å². The molecule has 138 valence electrons. The molecular weight excluding hydrogens is 330 g/mol. The van der Waals surface area contributed by atoms with E-state index in [2.05, 4.69) is 23.4 Å². The van der Waals surface area contributed by atoms with Gasteiger partial charge in [-0.3, -0.25) is 4.79 Å². The zero-order chi connectivity index (χ0) is 18.8. The van der Waals surface area contributed by atoms with Crippen LogP contribution in [0.3, 0.4) is 0 Å². The zero-order valence-corrected chi connectivity index (χ0v) is 15.2. The second-order valence-electron chi connectivity index (χ2n) is 5.81. The third kappa shape index (κ3) is 5.88. The maximum Gasteiger partial charge on any atom is 0.223 e. The lowest BCUT2D eigenvalue weighted by molar-refractivity contribution is -0.130. The molecule has 0 radical (unpaired) electrons. The normalized spacial score (nSPS) is 10.3. The number of hydrogen-bond donors (Lipinski definition) is 0. The number of carbonyl (C=O) groups excluding carboxylic acids is 1. The van der Waals surface area contributed by atoms with Crippen molar-refractivity contribution < 1.29 is 13.9 Å². The van der Waals surface area contributed by atoms with E-state index < -0.39 is 0 Å². The van der Waals surface area contributed by atoms with Crippen molar-refractivity contribution in [3.8, 4) is 5.75 Å². The molecular formula is C20H25N3O3. The smallest absolute Gasteiger partial charge is 0.223 e. The van der Waals surface area contributed by atoms with Gasteiger partial charge in [0.05, 0.1) is 7.11 Å². The largest absolute Gasteiger partial charge is 0.497 e. The van der Waals surface area contributed by atoms with E-state index in [1.807, 2.05) is 24.3 Å². The van der Waals surface area contributed by atoms with E-state index in [-0.39, 0.29) is 5.91 Å². The summed E-state index contributed by atoms with van der Waals surface area (Å²) in [6.45, 7) is 8.34. The maximum atomic E-state index is 12.2. The predicted molar refractivity (Wildman–Crippen MR) is 100.0 cm³/mol. The van der Waals surface area contributed by atoms with Gasteiger partial charge in [0.15, 0.2) is 0 Å². The molecule has 0 saturated carbocycles. The summed E-state index contributed by atoms with van der Waals surface area (Å²) in [6, 6.07) is 7.89. The minimum Gasteiger partial charge on any atom is -0.497 e. The number of benzene rings is 1. The van der Waals surface area contributed by atoms with Crippen molar-refractivity contribution in [3.63, 3.8) is 0 Å². The monoisotopic (exact) mass is 355 g/mol. The molecule has 1 heterocycles. The van der Waals surface area contributed by atoms with Crippen molar-refractivity contribution in [2.45, 2.75) is 25.7 Å². The fraction of sp³-hybridized carbons (Fsp3) is 0.350. The van der Waals surface area contributed by atoms with Crippen LogP contribution in [-0.4, -0.2) is 41.2 Å². The van der Waals surface area contributed by atoms with Crippen LogP contribution in [0.1, 0.15) is 23.8 Å². The van der Waals surface area contributed by atoms with Gasteiger partial charge in [0.2, 0.25) is 17.7 Å². The van der Waals surface area contributed by atoms with E-state index in [9.17, 15) is 4.79 Å². The first-order valence-corrected chi connectivity index (χ1v) is 8.60. The lowest BCUT2D eigenvalue weighted by Gasteiger charge is -2.18. The standard InChI is InChI=1S/C20H25N3O3/c1-4-14-23(15-5-2)20(24)13-12-19-22-21-18(26-19)11-8-16-6-9-17(25-3)10-7-16/h4-7,9-10H,1-2,8,11-15H2,3H3. The summed E-state index contributed by atoms with van der Waals surface area (Å²) in [5, 5.41) is 8.09. The molecule has 1 aromatic heterocycles. The number of ether oxygens (including phenoxy) is 1. The summed E-state index contributed by atoms with van der Waals surface area (Å²) in [6.07, 6.45) is 5.61. The summed E-state index contributed by atoms with van der Waals surface area (Å²) in [7, 11) is 1.65. The second kappa shape index (κ2) is 10.2. The Morgan fingerprint density at radius 3 is 2.27 bits per heavy atom. The molecule has 0 aliphatic heterocycles. The van der Waals surface area contributed by atoms with Crippen LogP contribution in [0.25, 0.3) is 0 Å². The van der Waals surface area contributed by atoms with E-state index >= 15 is 0 Å². The van der Waals surface area contributed by atoms with Gasteiger partial charge in [0, 0.05) is 32.4 Å². The minimum atomic E-state index is 0.0165. The van der Waals surface area contributed by atoms with Crippen LogP contribution in [0.5, 0.6) is 5.75 Å². The van der Waals surface area contributed by atoms with Gasteiger partial charge in [0.1, 0.15) is 5.75 Å². The molecule has 0 fully saturated rings. The van der Waals surface area contributed by atoms with Gasteiger partial charge in [-0.05, 0) is 24.1 Å². The summed E-state index contributed by atoms with van der Waals surface area (Å²) in [5.41, 5.74) is 1.17. The molecule has 0 spiro atoms. The molecule has 26 heavy (non-hydrogen) atoms. The number of methoxy groups -OCH3 is 1. The first-order chi connectivity index (χ1) is 12.7. The molecule has 6 heteroatoms. The van der Waals surface area contributed by atoms with E-state index in [1.54, 1.807) is 24.2 Å². The topological polar surface area (TPSA) is 68.5 Å². The maximum absolute atomic E-state index is 12.2. The van der Waals surface area contributed by atoms with Gasteiger partial charge in [0.25, 0.3) is 0 Å². The molecule has 2 aromatic rings. The molecule has 0 unspecified atom stereocenters. The molecule has 2 rings (SSSR count). The molecule has 0 saturated heterocycles. The van der Waals surface area contributed by atoms with Crippen LogP contribution in [0.2, 0.25) is 0 Å². The van der Waals surface area contributed by atoms with Gasteiger partial charge in [-0.25, -0.2) is 0 Å². The van der Waals surface area contributed by atoms with Gasteiger partial charge < -0.3 is 14.1 Å². The molecule has 0 N–H and O–H groups in total. The highest BCUT2D eigenvalue weighted by atomic mass is 16.5. The van der Waals surface area contributed by atoms with E-state index in [1.165, 1.54) is 5.56 Å². The Kier molecular flexibility index (Phi) is 7.61. The highest BCUT2D eigenvalue weighted by molar-refractivity contribution is 5.76. The molecule has 1 amide bonds. The van der Waals surface area contributed by atoms with E-state index in [0.717, 1.165) is 12.2 Å². The Morgan fingerprint density at radius 2 is 1.69 bits per heavy atom. The first-order valence-electron chi connectivity index (χ1n) is 8.60. The van der Waals surface area contributed by atoms with Gasteiger partial charge >= 0.3 is 0 Å². The Morgan fingerprint density at radius 1 is 1.08 bits per heavy atom. The summed E-state index contributed by atoms with van der Waals surface area (Å²) in [4.78, 5) is 13.9. The molecule has 0 atom stereocenters. The Bertz CT molecular complexity index is 712. The number of rotatable bonds is 11. The summed E-state index contributed by atoms with van der Waals surface area (Å²) < 4.78 is 10.8. The quantitative estimate of drug-likeness (QED) is 0.580. The summed E-state index contributed by atoms with van der Waals surface area (Å²) >= 11 is 0. The van der Waals surface area contributed by atoms with Gasteiger partial charge in [-0.15, -0.1) is 23.4 Å². The van der Waals surface area contributed by atoms with Crippen LogP contribution < -0.4 is 4.74 Å². The van der Waals surface area contributed by atoms with Crippen molar-refractivity contribution in [1.29, 1.82) is 0 Å². The SMILES string of the molecule is C=CCN(CC=C)C(=O)CCc1nnc(CCc2ccc(OC)cc2)o1. The zero-order valence-electron chi connectivity index (χ0n) is 15.2. The van der Waals surface area contributed by atoms with Gasteiger partial charge in [-0.1, -0.05) is 24.3 Å². The predicted octanol–water partition coefficient (Wildman–Crippen LogP) is 3.00. The third-order valence-corrected chi connectivity index (χ3v) is 3.90. The number of amides is 1. The Balaban J connectivity index is 1.82. The summed E-state index contributed by atoms with van der Waals surface area (Å²) in [5.74, 6) is 1.92. The van der Waals surface area contributed by atoms with Crippen molar-refractivity contribution >= 4 is 5.91 Å². The van der Waals surface area contributed by atoms with E-state index in [0.29, 0.717) is 44.1 Å². The second-order valence-corrected chi connectivity index (χ2v) is 5.81. The lowest BCUT2D eigenvalue weighted by atomic mass is 10.1. The number of hydrogen-bond acceptors (Lipinski definition) is 5. The average molecular weight is 355 g/mol. The third-order valence-electron chi connectivity index (χ3n) is 3.90. The minimum absolute atomic E-state index is 0.0165. The Hall–Kier alpha value is -2.89. The fourth-order valence-corrected chi connectivity index (χ4v) is 2.50. The van der Waals surface area contributed by atoms with Crippen LogP contribution in [0, 0.1) is 0 Å². The van der Waals surface area contributed by atoms with E-state index in [4.69, 9.17) is 9.15 Å². The van der Waals surface area contributed by atoms with Crippen LogP contribution >= 0.6 is 0 Å². The number of aryl methyl sites for hydroxylation is 3. The van der Waals surface area contributed by atoms with Crippen molar-refractivity contribution in [3.05, 3.63) is 66.9 Å². The van der Waals surface area contributed by atoms with Crippen molar-refractivity contribution in [2.24, 2.45) is 0 Å². The van der Waals surface area contributed by atoms with Crippen molar-refractivity contribution in [1.82, 2.24) is 15.1 Å². The average Bonchev–Trinajstić information content (AvgIpc) is 3.12. The van der Waals surface area contributed by atoms with Crippen LogP contribution in [-0.2, 0) is 24.1 Å². The van der Waals surface area contributed by atoms with Crippen molar-refractivity contribution in [2.75, 3.05) is 20.2 Å². The highest BCUT2D eigenvalue weighted by Crippen LogP contribution is 2.13. The molecule has 1 aromatic carbocycles. The first kappa shape index (κ1) is 19.4. The highest BCUT2D eigenvalue weighted by Gasteiger charge is 2.13. The fourth-order valence-electron chi connectivity index (χ4n) is 2.50. The molecule has 0 aliphatic rings. The van der Waals surface area contributed by atoms with Crippen LogP contribution in [0.4, 0.5) is 0 Å². The number of aromatic nitrogens is 2. The number of nitrogens with zero attached hydrogens (tertiary/aromatic N) is 3. The molecule has 0 bridgehead atoms. The van der Waals surface area contributed by atoms with Crippen LogP contribution in [0.15, 0.2) is 54.0 Å². The van der Waals surface area contributed by atoms with Gasteiger partial charge in [-0.2, -0.15) is 0 Å². The molecule has 0 aliphatic carbocycles.